The summed E-state index contributed by atoms with van der Waals surface area (Å²) in [4.78, 5) is 18.2. The van der Waals surface area contributed by atoms with Gasteiger partial charge in [0.1, 0.15) is 5.82 Å². The van der Waals surface area contributed by atoms with Gasteiger partial charge in [-0.25, -0.2) is 9.18 Å². The zero-order valence-corrected chi connectivity index (χ0v) is 13.6. The third-order valence-corrected chi connectivity index (χ3v) is 4.49. The van der Waals surface area contributed by atoms with E-state index in [4.69, 9.17) is 10.00 Å². The number of carbonyl (C=O) groups excluding carboxylic acids is 1. The number of rotatable bonds is 2. The summed E-state index contributed by atoms with van der Waals surface area (Å²) in [5.41, 5.74) is 0.995. The Morgan fingerprint density at radius 2 is 1.79 bits per heavy atom. The molecular formula is C17H21FN4O2. The number of urea groups is 1. The fourth-order valence-corrected chi connectivity index (χ4v) is 3.06. The molecule has 1 aromatic carbocycles. The van der Waals surface area contributed by atoms with Gasteiger partial charge in [0.2, 0.25) is 0 Å². The highest BCUT2D eigenvalue weighted by atomic mass is 19.1. The first-order chi connectivity index (χ1) is 11.7. The van der Waals surface area contributed by atoms with Crippen molar-refractivity contribution in [3.8, 4) is 6.07 Å². The van der Waals surface area contributed by atoms with Gasteiger partial charge in [0.05, 0.1) is 24.8 Å². The van der Waals surface area contributed by atoms with Gasteiger partial charge in [-0.05, 0) is 18.2 Å². The molecule has 2 heterocycles. The van der Waals surface area contributed by atoms with Gasteiger partial charge in [-0.2, -0.15) is 5.26 Å². The number of ether oxygens (including phenoxy) is 1. The van der Waals surface area contributed by atoms with Crippen molar-refractivity contribution in [2.24, 2.45) is 0 Å². The molecule has 0 N–H and O–H groups in total. The predicted octanol–water partition coefficient (Wildman–Crippen LogP) is 1.27. The molecule has 2 aliphatic heterocycles. The number of nitrogens with zero attached hydrogens (tertiary/aromatic N) is 4. The smallest absolute Gasteiger partial charge is 0.320 e. The van der Waals surface area contributed by atoms with Crippen LogP contribution >= 0.6 is 0 Å². The number of benzene rings is 1. The molecule has 0 aliphatic carbocycles. The van der Waals surface area contributed by atoms with E-state index in [1.54, 1.807) is 6.07 Å². The molecule has 0 spiro atoms. The highest BCUT2D eigenvalue weighted by Gasteiger charge is 2.26. The van der Waals surface area contributed by atoms with E-state index in [0.717, 1.165) is 0 Å². The van der Waals surface area contributed by atoms with Crippen LogP contribution in [-0.2, 0) is 11.3 Å². The van der Waals surface area contributed by atoms with Crippen molar-refractivity contribution in [2.75, 3.05) is 52.5 Å². The van der Waals surface area contributed by atoms with E-state index >= 15 is 0 Å². The Hall–Kier alpha value is -2.17. The first-order valence-electron chi connectivity index (χ1n) is 8.20. The van der Waals surface area contributed by atoms with Gasteiger partial charge in [-0.15, -0.1) is 0 Å². The van der Waals surface area contributed by atoms with Crippen molar-refractivity contribution in [1.82, 2.24) is 14.7 Å². The lowest BCUT2D eigenvalue weighted by atomic mass is 10.1. The van der Waals surface area contributed by atoms with E-state index in [-0.39, 0.29) is 11.8 Å². The standard InChI is InChI=1S/C17H21FN4O2/c18-16-2-1-14(12-19)11-15(16)13-20-3-5-21(6-4-20)17(23)22-7-9-24-10-8-22/h1-2,11H,3-10,13H2. The van der Waals surface area contributed by atoms with Crippen LogP contribution in [0.5, 0.6) is 0 Å². The van der Waals surface area contributed by atoms with Gasteiger partial charge >= 0.3 is 6.03 Å². The predicted molar refractivity (Wildman–Crippen MR) is 85.8 cm³/mol. The summed E-state index contributed by atoms with van der Waals surface area (Å²) in [6, 6.07) is 6.52. The zero-order chi connectivity index (χ0) is 16.9. The highest BCUT2D eigenvalue weighted by molar-refractivity contribution is 5.74. The van der Waals surface area contributed by atoms with Crippen LogP contribution in [0.25, 0.3) is 0 Å². The monoisotopic (exact) mass is 332 g/mol. The molecule has 2 amide bonds. The maximum Gasteiger partial charge on any atom is 0.320 e. The number of carbonyl (C=O) groups is 1. The Kier molecular flexibility index (Phi) is 5.28. The van der Waals surface area contributed by atoms with Crippen molar-refractivity contribution >= 4 is 6.03 Å². The summed E-state index contributed by atoms with van der Waals surface area (Å²) in [6.45, 7) is 5.61. The normalized spacial score (nSPS) is 19.2. The number of piperazine rings is 1. The molecule has 3 rings (SSSR count). The molecule has 0 aromatic heterocycles. The lowest BCUT2D eigenvalue weighted by Crippen LogP contribution is -2.54. The summed E-state index contributed by atoms with van der Waals surface area (Å²) in [7, 11) is 0. The molecule has 0 bridgehead atoms. The summed E-state index contributed by atoms with van der Waals surface area (Å²) in [5, 5.41) is 8.93. The summed E-state index contributed by atoms with van der Waals surface area (Å²) in [6.07, 6.45) is 0. The average Bonchev–Trinajstić information content (AvgIpc) is 2.64. The van der Waals surface area contributed by atoms with Crippen LogP contribution in [0.15, 0.2) is 18.2 Å². The minimum atomic E-state index is -0.291. The van der Waals surface area contributed by atoms with E-state index in [1.807, 2.05) is 15.9 Å². The van der Waals surface area contributed by atoms with Crippen LogP contribution < -0.4 is 0 Å². The van der Waals surface area contributed by atoms with Crippen molar-refractivity contribution in [3.05, 3.63) is 35.1 Å². The number of hydrogen-bond donors (Lipinski definition) is 0. The van der Waals surface area contributed by atoms with E-state index in [9.17, 15) is 9.18 Å². The Labute approximate surface area is 141 Å². The van der Waals surface area contributed by atoms with Crippen molar-refractivity contribution in [1.29, 1.82) is 5.26 Å². The molecule has 6 nitrogen and oxygen atoms in total. The molecule has 0 radical (unpaired) electrons. The van der Waals surface area contributed by atoms with Gasteiger partial charge in [0.25, 0.3) is 0 Å². The summed E-state index contributed by atoms with van der Waals surface area (Å²) < 4.78 is 19.2. The van der Waals surface area contributed by atoms with Crippen molar-refractivity contribution in [3.63, 3.8) is 0 Å². The fourth-order valence-electron chi connectivity index (χ4n) is 3.06. The largest absolute Gasteiger partial charge is 0.378 e. The lowest BCUT2D eigenvalue weighted by Gasteiger charge is -2.38. The number of morpholine rings is 1. The molecule has 128 valence electrons. The third-order valence-electron chi connectivity index (χ3n) is 4.49. The molecule has 2 saturated heterocycles. The molecule has 0 saturated carbocycles. The Bertz CT molecular complexity index is 632. The van der Waals surface area contributed by atoms with Crippen LogP contribution in [0, 0.1) is 17.1 Å². The molecular weight excluding hydrogens is 311 g/mol. The Balaban J connectivity index is 1.54. The molecule has 24 heavy (non-hydrogen) atoms. The van der Waals surface area contributed by atoms with Crippen LogP contribution in [0.2, 0.25) is 0 Å². The first-order valence-corrected chi connectivity index (χ1v) is 8.20. The minimum absolute atomic E-state index is 0.0654. The van der Waals surface area contributed by atoms with Gasteiger partial charge < -0.3 is 14.5 Å². The van der Waals surface area contributed by atoms with E-state index < -0.39 is 0 Å². The number of halogens is 1. The fraction of sp³-hybridized carbons (Fsp3) is 0.529. The number of amides is 2. The maximum atomic E-state index is 13.9. The van der Waals surface area contributed by atoms with Gasteiger partial charge in [-0.3, -0.25) is 4.90 Å². The van der Waals surface area contributed by atoms with E-state index in [2.05, 4.69) is 4.90 Å². The number of nitriles is 1. The third kappa shape index (κ3) is 3.83. The number of hydrogen-bond acceptors (Lipinski definition) is 4. The van der Waals surface area contributed by atoms with Crippen LogP contribution in [0.4, 0.5) is 9.18 Å². The second-order valence-corrected chi connectivity index (χ2v) is 6.06. The molecule has 1 aromatic rings. The molecule has 0 unspecified atom stereocenters. The summed E-state index contributed by atoms with van der Waals surface area (Å²) in [5.74, 6) is -0.291. The molecule has 2 aliphatic rings. The first kappa shape index (κ1) is 16.7. The van der Waals surface area contributed by atoms with Gasteiger partial charge in [0, 0.05) is 51.4 Å². The topological polar surface area (TPSA) is 59.8 Å². The van der Waals surface area contributed by atoms with E-state index in [1.165, 1.54) is 12.1 Å². The second-order valence-electron chi connectivity index (χ2n) is 6.06. The highest BCUT2D eigenvalue weighted by Crippen LogP contribution is 2.15. The van der Waals surface area contributed by atoms with E-state index in [0.29, 0.717) is 70.2 Å². The van der Waals surface area contributed by atoms with Crippen LogP contribution in [0.3, 0.4) is 0 Å². The zero-order valence-electron chi connectivity index (χ0n) is 13.6. The van der Waals surface area contributed by atoms with Gasteiger partial charge in [0.15, 0.2) is 0 Å². The lowest BCUT2D eigenvalue weighted by molar-refractivity contribution is 0.0372. The summed E-state index contributed by atoms with van der Waals surface area (Å²) >= 11 is 0. The quantitative estimate of drug-likeness (QED) is 0.818. The molecule has 7 heteroatoms. The molecule has 2 fully saturated rings. The van der Waals surface area contributed by atoms with Crippen LogP contribution in [0.1, 0.15) is 11.1 Å². The Morgan fingerprint density at radius 1 is 1.12 bits per heavy atom. The van der Waals surface area contributed by atoms with Crippen molar-refractivity contribution in [2.45, 2.75) is 6.54 Å². The van der Waals surface area contributed by atoms with Crippen LogP contribution in [-0.4, -0.2) is 73.2 Å². The van der Waals surface area contributed by atoms with Gasteiger partial charge in [-0.1, -0.05) is 0 Å². The minimum Gasteiger partial charge on any atom is -0.378 e. The SMILES string of the molecule is N#Cc1ccc(F)c(CN2CCN(C(=O)N3CCOCC3)CC2)c1. The Morgan fingerprint density at radius 3 is 2.46 bits per heavy atom. The molecule has 0 atom stereocenters. The average molecular weight is 332 g/mol. The second kappa shape index (κ2) is 7.60. The van der Waals surface area contributed by atoms with Crippen molar-refractivity contribution < 1.29 is 13.9 Å². The maximum absolute atomic E-state index is 13.9.